The summed E-state index contributed by atoms with van der Waals surface area (Å²) < 4.78 is 5.61. The van der Waals surface area contributed by atoms with Crippen LogP contribution >= 0.6 is 0 Å². The Hall–Kier alpha value is -2.71. The van der Waals surface area contributed by atoms with E-state index in [-0.39, 0.29) is 12.1 Å². The fraction of sp³-hybridized carbons (Fsp3) is 0.450. The van der Waals surface area contributed by atoms with Gasteiger partial charge in [-0.3, -0.25) is 0 Å². The lowest BCUT2D eigenvalue weighted by atomic mass is 10.1. The average Bonchev–Trinajstić information content (AvgIpc) is 2.74. The fourth-order valence-electron chi connectivity index (χ4n) is 3.63. The average molecular weight is 382 g/mol. The third-order valence-electron chi connectivity index (χ3n) is 5.18. The van der Waals surface area contributed by atoms with E-state index >= 15 is 0 Å². The minimum absolute atomic E-state index is 0.242. The number of hydrogen-bond acceptors (Lipinski definition) is 6. The maximum atomic E-state index is 11.5. The maximum Gasteiger partial charge on any atom is 0.318 e. The molecule has 0 aliphatic carbocycles. The number of rotatable bonds is 3. The van der Waals surface area contributed by atoms with Gasteiger partial charge in [0.15, 0.2) is 5.82 Å². The highest BCUT2D eigenvalue weighted by molar-refractivity contribution is 5.89. The predicted molar refractivity (Wildman–Crippen MR) is 109 cm³/mol. The van der Waals surface area contributed by atoms with Gasteiger partial charge in [-0.2, -0.15) is 0 Å². The third-order valence-corrected chi connectivity index (χ3v) is 5.18. The molecule has 28 heavy (non-hydrogen) atoms. The molecule has 0 radical (unpaired) electrons. The second-order valence-corrected chi connectivity index (χ2v) is 7.12. The minimum Gasteiger partial charge on any atom is -0.377 e. The first-order valence-electron chi connectivity index (χ1n) is 9.70. The van der Waals surface area contributed by atoms with E-state index in [2.05, 4.69) is 27.8 Å². The number of hydrogen-bond donors (Lipinski definition) is 3. The lowest BCUT2D eigenvalue weighted by Gasteiger charge is -2.36. The summed E-state index contributed by atoms with van der Waals surface area (Å²) in [5.41, 5.74) is 3.98. The van der Waals surface area contributed by atoms with Gasteiger partial charge in [0.2, 0.25) is 0 Å². The largest absolute Gasteiger partial charge is 0.377 e. The number of nitrogens with zero attached hydrogens (tertiary/aromatic N) is 3. The van der Waals surface area contributed by atoms with Crippen molar-refractivity contribution in [1.82, 2.24) is 20.6 Å². The Labute approximate surface area is 164 Å². The van der Waals surface area contributed by atoms with E-state index in [9.17, 15) is 4.79 Å². The van der Waals surface area contributed by atoms with Crippen molar-refractivity contribution in [1.29, 1.82) is 0 Å². The smallest absolute Gasteiger partial charge is 0.318 e. The molecule has 3 N–H and O–H groups in total. The molecule has 1 fully saturated rings. The molecule has 1 aromatic carbocycles. The second-order valence-electron chi connectivity index (χ2n) is 7.12. The van der Waals surface area contributed by atoms with Gasteiger partial charge in [0, 0.05) is 49.9 Å². The van der Waals surface area contributed by atoms with Gasteiger partial charge in [0.05, 0.1) is 24.9 Å². The molecule has 8 heteroatoms. The number of nitrogens with one attached hydrogen (secondary N) is 3. The minimum atomic E-state index is -0.242. The molecule has 3 heterocycles. The highest BCUT2D eigenvalue weighted by atomic mass is 16.5. The first-order valence-corrected chi connectivity index (χ1v) is 9.70. The lowest BCUT2D eigenvalue weighted by Crippen LogP contribution is -2.45. The van der Waals surface area contributed by atoms with Crippen LogP contribution in [0.25, 0.3) is 11.4 Å². The van der Waals surface area contributed by atoms with Crippen molar-refractivity contribution >= 4 is 17.5 Å². The number of ether oxygens (including phenoxy) is 1. The quantitative estimate of drug-likeness (QED) is 0.749. The Morgan fingerprint density at radius 3 is 2.86 bits per heavy atom. The first-order chi connectivity index (χ1) is 13.7. The monoisotopic (exact) mass is 382 g/mol. The molecule has 2 aromatic rings. The fourth-order valence-corrected chi connectivity index (χ4v) is 3.63. The Morgan fingerprint density at radius 1 is 1.29 bits per heavy atom. The molecule has 1 saturated heterocycles. The highest BCUT2D eigenvalue weighted by Crippen LogP contribution is 2.29. The standard InChI is InChI=1S/C20H26N6O2/c1-13-12-28-10-9-26(13)19-16-11-22-8-7-17(16)24-18(25-19)14-3-5-15(6-4-14)23-20(27)21-2/h3-6,13,22H,7-12H2,1-2H3,(H2,21,23,27). The molecule has 2 amide bonds. The van der Waals surface area contributed by atoms with E-state index in [1.807, 2.05) is 24.3 Å². The van der Waals surface area contributed by atoms with Gasteiger partial charge in [0.25, 0.3) is 0 Å². The molecule has 1 atom stereocenters. The number of urea groups is 1. The zero-order valence-electron chi connectivity index (χ0n) is 16.3. The van der Waals surface area contributed by atoms with E-state index < -0.39 is 0 Å². The van der Waals surface area contributed by atoms with Crippen LogP contribution in [0.4, 0.5) is 16.3 Å². The Kier molecular flexibility index (Phi) is 5.40. The van der Waals surface area contributed by atoms with Gasteiger partial charge in [-0.15, -0.1) is 0 Å². The van der Waals surface area contributed by atoms with Crippen molar-refractivity contribution in [3.05, 3.63) is 35.5 Å². The van der Waals surface area contributed by atoms with E-state index in [0.29, 0.717) is 13.2 Å². The van der Waals surface area contributed by atoms with Crippen LogP contribution in [-0.4, -0.2) is 55.4 Å². The number of aromatic nitrogens is 2. The van der Waals surface area contributed by atoms with Crippen molar-refractivity contribution in [3.8, 4) is 11.4 Å². The summed E-state index contributed by atoms with van der Waals surface area (Å²) in [5.74, 6) is 1.73. The van der Waals surface area contributed by atoms with Crippen LogP contribution in [0.2, 0.25) is 0 Å². The molecule has 1 aromatic heterocycles. The summed E-state index contributed by atoms with van der Waals surface area (Å²) in [7, 11) is 1.59. The Bertz CT molecular complexity index is 855. The number of carbonyl (C=O) groups is 1. The maximum absolute atomic E-state index is 11.5. The topological polar surface area (TPSA) is 91.4 Å². The summed E-state index contributed by atoms with van der Waals surface area (Å²) in [6, 6.07) is 7.66. The molecule has 4 rings (SSSR count). The number of carbonyl (C=O) groups excluding carboxylic acids is 1. The summed E-state index contributed by atoms with van der Waals surface area (Å²) in [6.07, 6.45) is 0.896. The lowest BCUT2D eigenvalue weighted by molar-refractivity contribution is 0.0984. The first kappa shape index (κ1) is 18.6. The van der Waals surface area contributed by atoms with Gasteiger partial charge in [0.1, 0.15) is 5.82 Å². The summed E-state index contributed by atoms with van der Waals surface area (Å²) in [4.78, 5) is 23.6. The van der Waals surface area contributed by atoms with Gasteiger partial charge in [-0.05, 0) is 31.2 Å². The molecule has 2 aliphatic heterocycles. The van der Waals surface area contributed by atoms with Crippen molar-refractivity contribution in [2.75, 3.05) is 43.6 Å². The Balaban J connectivity index is 1.69. The van der Waals surface area contributed by atoms with Gasteiger partial charge < -0.3 is 25.6 Å². The Morgan fingerprint density at radius 2 is 2.11 bits per heavy atom. The van der Waals surface area contributed by atoms with Crippen LogP contribution < -0.4 is 20.9 Å². The van der Waals surface area contributed by atoms with Crippen molar-refractivity contribution < 1.29 is 9.53 Å². The van der Waals surface area contributed by atoms with Gasteiger partial charge >= 0.3 is 6.03 Å². The molecule has 2 aliphatic rings. The van der Waals surface area contributed by atoms with Crippen LogP contribution in [0.5, 0.6) is 0 Å². The summed E-state index contributed by atoms with van der Waals surface area (Å²) in [5, 5.41) is 8.75. The van der Waals surface area contributed by atoms with E-state index in [0.717, 1.165) is 54.6 Å². The molecular weight excluding hydrogens is 356 g/mol. The number of morpholine rings is 1. The van der Waals surface area contributed by atoms with Crippen LogP contribution in [0, 0.1) is 0 Å². The molecule has 1 unspecified atom stereocenters. The zero-order chi connectivity index (χ0) is 19.5. The number of amides is 2. The van der Waals surface area contributed by atoms with Crippen LogP contribution in [0.3, 0.4) is 0 Å². The molecule has 148 valence electrons. The van der Waals surface area contributed by atoms with Crippen LogP contribution in [-0.2, 0) is 17.7 Å². The molecule has 8 nitrogen and oxygen atoms in total. The molecule has 0 spiro atoms. The van der Waals surface area contributed by atoms with Crippen molar-refractivity contribution in [3.63, 3.8) is 0 Å². The zero-order valence-corrected chi connectivity index (χ0v) is 16.3. The van der Waals surface area contributed by atoms with Crippen LogP contribution in [0.15, 0.2) is 24.3 Å². The predicted octanol–water partition coefficient (Wildman–Crippen LogP) is 1.77. The van der Waals surface area contributed by atoms with E-state index in [1.165, 1.54) is 5.56 Å². The van der Waals surface area contributed by atoms with E-state index in [1.54, 1.807) is 7.05 Å². The van der Waals surface area contributed by atoms with Crippen LogP contribution in [0.1, 0.15) is 18.2 Å². The number of anilines is 2. The normalized spacial score (nSPS) is 19.1. The number of benzene rings is 1. The highest BCUT2D eigenvalue weighted by Gasteiger charge is 2.27. The van der Waals surface area contributed by atoms with E-state index in [4.69, 9.17) is 14.7 Å². The third kappa shape index (κ3) is 3.79. The number of fused-ring (bicyclic) bond motifs is 1. The van der Waals surface area contributed by atoms with Gasteiger partial charge in [-0.25, -0.2) is 14.8 Å². The molecule has 0 bridgehead atoms. The molecular formula is C20H26N6O2. The molecule has 0 saturated carbocycles. The van der Waals surface area contributed by atoms with Crippen molar-refractivity contribution in [2.24, 2.45) is 0 Å². The second kappa shape index (κ2) is 8.12. The van der Waals surface area contributed by atoms with Gasteiger partial charge in [-0.1, -0.05) is 0 Å². The SMILES string of the molecule is CNC(=O)Nc1ccc(-c2nc3c(c(N4CCOCC4C)n2)CNCC3)cc1. The summed E-state index contributed by atoms with van der Waals surface area (Å²) >= 11 is 0. The van der Waals surface area contributed by atoms with Crippen molar-refractivity contribution in [2.45, 2.75) is 25.9 Å². The summed E-state index contributed by atoms with van der Waals surface area (Å²) in [6.45, 7) is 6.15.